The molecular formula is C15H22N2O4S. The third-order valence-electron chi connectivity index (χ3n) is 3.99. The number of carbonyl (C=O) groups is 1. The van der Waals surface area contributed by atoms with E-state index in [0.717, 1.165) is 17.1 Å². The van der Waals surface area contributed by atoms with Crippen molar-refractivity contribution in [1.82, 2.24) is 9.62 Å². The fraction of sp³-hybridized carbons (Fsp3) is 0.533. The molecule has 0 heterocycles. The summed E-state index contributed by atoms with van der Waals surface area (Å²) in [7, 11) is -0.687. The SMILES string of the molecule is CN(C)S(=O)(=O)c1cccc(C(=O)NCC2(O)CCCC2)c1. The van der Waals surface area contributed by atoms with Gasteiger partial charge in [0.2, 0.25) is 10.0 Å². The molecule has 2 N–H and O–H groups in total. The lowest BCUT2D eigenvalue weighted by Gasteiger charge is -2.22. The highest BCUT2D eigenvalue weighted by Gasteiger charge is 2.31. The van der Waals surface area contributed by atoms with Crippen LogP contribution in [-0.2, 0) is 10.0 Å². The molecule has 0 radical (unpaired) electrons. The molecule has 1 fully saturated rings. The van der Waals surface area contributed by atoms with Crippen molar-refractivity contribution in [1.29, 1.82) is 0 Å². The van der Waals surface area contributed by atoms with Crippen LogP contribution in [0.15, 0.2) is 29.2 Å². The molecule has 22 heavy (non-hydrogen) atoms. The standard InChI is InChI=1S/C15H22N2O4S/c1-17(2)22(20,21)13-7-5-6-12(10-13)14(18)16-11-15(19)8-3-4-9-15/h5-7,10,19H,3-4,8-9,11H2,1-2H3,(H,16,18). The second kappa shape index (κ2) is 6.36. The van der Waals surface area contributed by atoms with Crippen LogP contribution in [0, 0.1) is 0 Å². The van der Waals surface area contributed by atoms with Crippen LogP contribution in [0.4, 0.5) is 0 Å². The van der Waals surface area contributed by atoms with E-state index in [2.05, 4.69) is 5.32 Å². The molecule has 0 unspecified atom stereocenters. The Morgan fingerprint density at radius 2 is 1.95 bits per heavy atom. The second-order valence-corrected chi connectivity index (χ2v) is 8.08. The van der Waals surface area contributed by atoms with Crippen LogP contribution in [0.1, 0.15) is 36.0 Å². The Bertz CT molecular complexity index is 649. The van der Waals surface area contributed by atoms with E-state index in [9.17, 15) is 18.3 Å². The molecular weight excluding hydrogens is 304 g/mol. The van der Waals surface area contributed by atoms with Crippen molar-refractivity contribution in [3.63, 3.8) is 0 Å². The van der Waals surface area contributed by atoms with Gasteiger partial charge < -0.3 is 10.4 Å². The molecule has 1 aromatic carbocycles. The largest absolute Gasteiger partial charge is 0.388 e. The van der Waals surface area contributed by atoms with Gasteiger partial charge in [0.25, 0.3) is 5.91 Å². The van der Waals surface area contributed by atoms with Gasteiger partial charge in [-0.3, -0.25) is 4.79 Å². The number of hydrogen-bond donors (Lipinski definition) is 2. The topological polar surface area (TPSA) is 86.7 Å². The monoisotopic (exact) mass is 326 g/mol. The van der Waals surface area contributed by atoms with Gasteiger partial charge in [0, 0.05) is 26.2 Å². The molecule has 0 spiro atoms. The second-order valence-electron chi connectivity index (χ2n) is 5.93. The highest BCUT2D eigenvalue weighted by atomic mass is 32.2. The Morgan fingerprint density at radius 1 is 1.32 bits per heavy atom. The Kier molecular flexibility index (Phi) is 4.89. The quantitative estimate of drug-likeness (QED) is 0.844. The van der Waals surface area contributed by atoms with Gasteiger partial charge in [-0.1, -0.05) is 18.9 Å². The summed E-state index contributed by atoms with van der Waals surface area (Å²) in [5, 5.41) is 12.9. The summed E-state index contributed by atoms with van der Waals surface area (Å²) in [6.07, 6.45) is 3.29. The van der Waals surface area contributed by atoms with Crippen LogP contribution in [0.5, 0.6) is 0 Å². The minimum atomic E-state index is -3.57. The van der Waals surface area contributed by atoms with E-state index in [-0.39, 0.29) is 22.9 Å². The average Bonchev–Trinajstić information content (AvgIpc) is 2.92. The minimum Gasteiger partial charge on any atom is -0.388 e. The number of nitrogens with zero attached hydrogens (tertiary/aromatic N) is 1. The lowest BCUT2D eigenvalue weighted by Crippen LogP contribution is -2.40. The molecule has 1 aliphatic carbocycles. The van der Waals surface area contributed by atoms with E-state index in [1.54, 1.807) is 6.07 Å². The van der Waals surface area contributed by atoms with Crippen LogP contribution >= 0.6 is 0 Å². The average molecular weight is 326 g/mol. The zero-order chi connectivity index (χ0) is 16.4. The summed E-state index contributed by atoms with van der Waals surface area (Å²) in [4.78, 5) is 12.2. The van der Waals surface area contributed by atoms with Gasteiger partial charge in [0.15, 0.2) is 0 Å². The number of amides is 1. The van der Waals surface area contributed by atoms with Crippen molar-refractivity contribution < 1.29 is 18.3 Å². The Hall–Kier alpha value is -1.44. The molecule has 7 heteroatoms. The molecule has 1 saturated carbocycles. The van der Waals surface area contributed by atoms with E-state index >= 15 is 0 Å². The van der Waals surface area contributed by atoms with Crippen LogP contribution in [0.2, 0.25) is 0 Å². The first-order valence-corrected chi connectivity index (χ1v) is 8.72. The maximum absolute atomic E-state index is 12.2. The van der Waals surface area contributed by atoms with E-state index in [0.29, 0.717) is 12.8 Å². The van der Waals surface area contributed by atoms with Gasteiger partial charge in [-0.25, -0.2) is 12.7 Å². The van der Waals surface area contributed by atoms with Crippen molar-refractivity contribution in [2.45, 2.75) is 36.2 Å². The number of hydrogen-bond acceptors (Lipinski definition) is 4. The lowest BCUT2D eigenvalue weighted by molar-refractivity contribution is 0.0449. The van der Waals surface area contributed by atoms with Crippen molar-refractivity contribution in [2.75, 3.05) is 20.6 Å². The molecule has 0 saturated heterocycles. The van der Waals surface area contributed by atoms with Crippen molar-refractivity contribution >= 4 is 15.9 Å². The molecule has 6 nitrogen and oxygen atoms in total. The molecule has 1 aromatic rings. The van der Waals surface area contributed by atoms with Gasteiger partial charge in [-0.2, -0.15) is 0 Å². The number of rotatable bonds is 5. The third kappa shape index (κ3) is 3.66. The number of benzene rings is 1. The van der Waals surface area contributed by atoms with Gasteiger partial charge in [-0.05, 0) is 31.0 Å². The van der Waals surface area contributed by atoms with E-state index in [1.165, 1.54) is 32.3 Å². The molecule has 0 aliphatic heterocycles. The van der Waals surface area contributed by atoms with Gasteiger partial charge in [0.05, 0.1) is 10.5 Å². The summed E-state index contributed by atoms with van der Waals surface area (Å²) in [5.41, 5.74) is -0.562. The predicted octanol–water partition coefficient (Wildman–Crippen LogP) is 0.972. The number of carbonyl (C=O) groups excluding carboxylic acids is 1. The fourth-order valence-electron chi connectivity index (χ4n) is 2.57. The molecule has 0 atom stereocenters. The van der Waals surface area contributed by atoms with Crippen molar-refractivity contribution in [3.8, 4) is 0 Å². The minimum absolute atomic E-state index is 0.0738. The van der Waals surface area contributed by atoms with E-state index in [4.69, 9.17) is 0 Å². The predicted molar refractivity (Wildman–Crippen MR) is 83.1 cm³/mol. The summed E-state index contributed by atoms with van der Waals surface area (Å²) in [5.74, 6) is -0.379. The number of aliphatic hydroxyl groups is 1. The van der Waals surface area contributed by atoms with Crippen LogP contribution < -0.4 is 5.32 Å². The summed E-state index contributed by atoms with van der Waals surface area (Å²) in [6, 6.07) is 5.90. The molecule has 122 valence electrons. The summed E-state index contributed by atoms with van der Waals surface area (Å²) >= 11 is 0. The lowest BCUT2D eigenvalue weighted by atomic mass is 10.0. The summed E-state index contributed by atoms with van der Waals surface area (Å²) in [6.45, 7) is 0.191. The van der Waals surface area contributed by atoms with Gasteiger partial charge in [0.1, 0.15) is 0 Å². The van der Waals surface area contributed by atoms with Gasteiger partial charge in [-0.15, -0.1) is 0 Å². The summed E-state index contributed by atoms with van der Waals surface area (Å²) < 4.78 is 25.3. The molecule has 1 aliphatic rings. The van der Waals surface area contributed by atoms with E-state index in [1.807, 2.05) is 0 Å². The Labute approximate surface area is 131 Å². The van der Waals surface area contributed by atoms with Crippen molar-refractivity contribution in [2.24, 2.45) is 0 Å². The maximum atomic E-state index is 12.2. The highest BCUT2D eigenvalue weighted by molar-refractivity contribution is 7.89. The smallest absolute Gasteiger partial charge is 0.251 e. The molecule has 1 amide bonds. The zero-order valence-electron chi connectivity index (χ0n) is 12.9. The van der Waals surface area contributed by atoms with Crippen LogP contribution in [0.3, 0.4) is 0 Å². The number of sulfonamides is 1. The fourth-order valence-corrected chi connectivity index (χ4v) is 3.51. The first kappa shape index (κ1) is 16.9. The van der Waals surface area contributed by atoms with Gasteiger partial charge >= 0.3 is 0 Å². The molecule has 0 bridgehead atoms. The normalized spacial score (nSPS) is 17.6. The third-order valence-corrected chi connectivity index (χ3v) is 5.80. The number of nitrogens with one attached hydrogen (secondary N) is 1. The first-order valence-electron chi connectivity index (χ1n) is 7.28. The maximum Gasteiger partial charge on any atom is 0.251 e. The molecule has 0 aromatic heterocycles. The van der Waals surface area contributed by atoms with E-state index < -0.39 is 15.6 Å². The van der Waals surface area contributed by atoms with Crippen LogP contribution in [-0.4, -0.2) is 50.0 Å². The Balaban J connectivity index is 2.11. The van der Waals surface area contributed by atoms with Crippen LogP contribution in [0.25, 0.3) is 0 Å². The Morgan fingerprint density at radius 3 is 2.55 bits per heavy atom. The first-order chi connectivity index (χ1) is 10.2. The molecule has 2 rings (SSSR count). The zero-order valence-corrected chi connectivity index (χ0v) is 13.7. The van der Waals surface area contributed by atoms with Crippen molar-refractivity contribution in [3.05, 3.63) is 29.8 Å². The highest BCUT2D eigenvalue weighted by Crippen LogP contribution is 2.28.